The quantitative estimate of drug-likeness (QED) is 0.844. The second kappa shape index (κ2) is 6.78. The van der Waals surface area contributed by atoms with E-state index in [4.69, 9.17) is 17.3 Å². The maximum absolute atomic E-state index is 12.5. The summed E-state index contributed by atoms with van der Waals surface area (Å²) in [6.45, 7) is 5.44. The Morgan fingerprint density at radius 1 is 1.42 bits per heavy atom. The predicted molar refractivity (Wildman–Crippen MR) is 80.6 cm³/mol. The number of likely N-dealkylation sites (N-methyl/N-ethyl adjacent to an activating group) is 2. The molecule has 2 N–H and O–H groups in total. The van der Waals surface area contributed by atoms with Crippen molar-refractivity contribution in [2.45, 2.75) is 19.9 Å². The van der Waals surface area contributed by atoms with Crippen molar-refractivity contribution >= 4 is 23.2 Å². The highest BCUT2D eigenvalue weighted by Crippen LogP contribution is 2.24. The lowest BCUT2D eigenvalue weighted by Crippen LogP contribution is -2.43. The number of anilines is 1. The molecule has 0 aliphatic carbocycles. The molecule has 0 spiro atoms. The molecule has 0 fully saturated rings. The Labute approximate surface area is 120 Å². The van der Waals surface area contributed by atoms with E-state index in [0.717, 1.165) is 6.54 Å². The van der Waals surface area contributed by atoms with Crippen LogP contribution in [0.3, 0.4) is 0 Å². The Kier molecular flexibility index (Phi) is 5.63. The van der Waals surface area contributed by atoms with Crippen molar-refractivity contribution in [3.05, 3.63) is 28.8 Å². The van der Waals surface area contributed by atoms with Crippen LogP contribution in [-0.4, -0.2) is 48.9 Å². The van der Waals surface area contributed by atoms with Gasteiger partial charge < -0.3 is 15.5 Å². The Morgan fingerprint density at radius 3 is 2.58 bits per heavy atom. The second-order valence-corrected chi connectivity index (χ2v) is 5.31. The largest absolute Gasteiger partial charge is 0.397 e. The van der Waals surface area contributed by atoms with Gasteiger partial charge in [-0.1, -0.05) is 17.7 Å². The molecule has 0 aliphatic heterocycles. The van der Waals surface area contributed by atoms with E-state index in [0.29, 0.717) is 22.8 Å². The first kappa shape index (κ1) is 15.8. The van der Waals surface area contributed by atoms with Crippen LogP contribution in [0.5, 0.6) is 0 Å². The molecule has 19 heavy (non-hydrogen) atoms. The average molecular weight is 284 g/mol. The molecular weight excluding hydrogens is 262 g/mol. The standard InChI is InChI=1S/C14H22ClN3O/c1-5-18(10(2)9-17(3)4)14(19)11-7-6-8-12(15)13(11)16/h6-8,10H,5,9,16H2,1-4H3. The smallest absolute Gasteiger partial charge is 0.256 e. The van der Waals surface area contributed by atoms with Gasteiger partial charge in [0.05, 0.1) is 16.3 Å². The maximum atomic E-state index is 12.5. The van der Waals surface area contributed by atoms with Gasteiger partial charge in [-0.15, -0.1) is 0 Å². The molecule has 0 heterocycles. The first-order valence-electron chi connectivity index (χ1n) is 6.38. The van der Waals surface area contributed by atoms with Crippen LogP contribution in [-0.2, 0) is 0 Å². The van der Waals surface area contributed by atoms with Gasteiger partial charge in [-0.3, -0.25) is 4.79 Å². The number of nitrogens with zero attached hydrogens (tertiary/aromatic N) is 2. The van der Waals surface area contributed by atoms with Gasteiger partial charge in [0.15, 0.2) is 0 Å². The monoisotopic (exact) mass is 283 g/mol. The topological polar surface area (TPSA) is 49.6 Å². The van der Waals surface area contributed by atoms with Gasteiger partial charge in [0.2, 0.25) is 0 Å². The number of amides is 1. The number of carbonyl (C=O) groups excluding carboxylic acids is 1. The van der Waals surface area contributed by atoms with Crippen LogP contribution in [0.2, 0.25) is 5.02 Å². The minimum Gasteiger partial charge on any atom is -0.397 e. The van der Waals surface area contributed by atoms with Crippen LogP contribution in [0.25, 0.3) is 0 Å². The second-order valence-electron chi connectivity index (χ2n) is 4.90. The molecule has 1 atom stereocenters. The Balaban J connectivity index is 2.98. The summed E-state index contributed by atoms with van der Waals surface area (Å²) in [5.74, 6) is -0.0724. The van der Waals surface area contributed by atoms with E-state index in [1.807, 2.05) is 32.8 Å². The highest BCUT2D eigenvalue weighted by Gasteiger charge is 2.22. The summed E-state index contributed by atoms with van der Waals surface area (Å²) in [6.07, 6.45) is 0. The van der Waals surface area contributed by atoms with Crippen molar-refractivity contribution in [3.63, 3.8) is 0 Å². The van der Waals surface area contributed by atoms with Gasteiger partial charge in [0.1, 0.15) is 0 Å². The lowest BCUT2D eigenvalue weighted by molar-refractivity contribution is 0.0680. The molecule has 0 radical (unpaired) electrons. The third kappa shape index (κ3) is 3.85. The van der Waals surface area contributed by atoms with E-state index in [1.165, 1.54) is 0 Å². The average Bonchev–Trinajstić information content (AvgIpc) is 2.32. The first-order valence-corrected chi connectivity index (χ1v) is 6.76. The summed E-state index contributed by atoms with van der Waals surface area (Å²) in [5.41, 5.74) is 6.71. The van der Waals surface area contributed by atoms with Crippen LogP contribution < -0.4 is 5.73 Å². The molecule has 106 valence electrons. The fourth-order valence-corrected chi connectivity index (χ4v) is 2.34. The number of carbonyl (C=O) groups is 1. The zero-order valence-corrected chi connectivity index (χ0v) is 12.7. The van der Waals surface area contributed by atoms with E-state index in [2.05, 4.69) is 4.90 Å². The molecular formula is C14H22ClN3O. The third-order valence-electron chi connectivity index (χ3n) is 3.05. The lowest BCUT2D eigenvalue weighted by Gasteiger charge is -2.30. The van der Waals surface area contributed by atoms with E-state index in [1.54, 1.807) is 18.2 Å². The van der Waals surface area contributed by atoms with E-state index >= 15 is 0 Å². The molecule has 1 amide bonds. The summed E-state index contributed by atoms with van der Waals surface area (Å²) in [6, 6.07) is 5.27. The SMILES string of the molecule is CCN(C(=O)c1cccc(Cl)c1N)C(C)CN(C)C. The van der Waals surface area contributed by atoms with Gasteiger partial charge >= 0.3 is 0 Å². The number of benzene rings is 1. The maximum Gasteiger partial charge on any atom is 0.256 e. The number of para-hydroxylation sites is 1. The van der Waals surface area contributed by atoms with Crippen molar-refractivity contribution < 1.29 is 4.79 Å². The summed E-state index contributed by atoms with van der Waals surface area (Å²) < 4.78 is 0. The third-order valence-corrected chi connectivity index (χ3v) is 3.38. The minimum atomic E-state index is -0.0724. The molecule has 0 bridgehead atoms. The molecule has 0 aliphatic rings. The normalized spacial score (nSPS) is 12.5. The number of hydrogen-bond donors (Lipinski definition) is 1. The van der Waals surface area contributed by atoms with Gasteiger partial charge in [-0.2, -0.15) is 0 Å². The Hall–Kier alpha value is -1.26. The van der Waals surface area contributed by atoms with Crippen molar-refractivity contribution in [2.24, 2.45) is 0 Å². The summed E-state index contributed by atoms with van der Waals surface area (Å²) in [5, 5.41) is 0.419. The van der Waals surface area contributed by atoms with Crippen molar-refractivity contribution in [1.29, 1.82) is 0 Å². The molecule has 1 unspecified atom stereocenters. The first-order chi connectivity index (χ1) is 8.88. The molecule has 1 aromatic rings. The van der Waals surface area contributed by atoms with Crippen molar-refractivity contribution in [1.82, 2.24) is 9.80 Å². The zero-order chi connectivity index (χ0) is 14.6. The van der Waals surface area contributed by atoms with Crippen LogP contribution >= 0.6 is 11.6 Å². The molecule has 4 nitrogen and oxygen atoms in total. The minimum absolute atomic E-state index is 0.0724. The lowest BCUT2D eigenvalue weighted by atomic mass is 10.1. The van der Waals surface area contributed by atoms with Crippen LogP contribution in [0, 0.1) is 0 Å². The van der Waals surface area contributed by atoms with Gasteiger partial charge in [0, 0.05) is 19.1 Å². The van der Waals surface area contributed by atoms with Gasteiger partial charge in [0.25, 0.3) is 5.91 Å². The van der Waals surface area contributed by atoms with Crippen molar-refractivity contribution in [2.75, 3.05) is 32.9 Å². The number of nitrogen functional groups attached to an aromatic ring is 1. The fraction of sp³-hybridized carbons (Fsp3) is 0.500. The number of rotatable bonds is 5. The summed E-state index contributed by atoms with van der Waals surface area (Å²) in [4.78, 5) is 16.4. The van der Waals surface area contributed by atoms with Crippen LogP contribution in [0.4, 0.5) is 5.69 Å². The fourth-order valence-electron chi connectivity index (χ4n) is 2.16. The molecule has 1 rings (SSSR count). The molecule has 0 saturated carbocycles. The highest BCUT2D eigenvalue weighted by atomic mass is 35.5. The number of hydrogen-bond acceptors (Lipinski definition) is 3. The van der Waals surface area contributed by atoms with Crippen LogP contribution in [0.1, 0.15) is 24.2 Å². The van der Waals surface area contributed by atoms with Crippen molar-refractivity contribution in [3.8, 4) is 0 Å². The highest BCUT2D eigenvalue weighted by molar-refractivity contribution is 6.33. The molecule has 5 heteroatoms. The van der Waals surface area contributed by atoms with E-state index in [-0.39, 0.29) is 11.9 Å². The molecule has 0 aromatic heterocycles. The Morgan fingerprint density at radius 2 is 2.05 bits per heavy atom. The summed E-state index contributed by atoms with van der Waals surface area (Å²) in [7, 11) is 3.98. The van der Waals surface area contributed by atoms with Crippen LogP contribution in [0.15, 0.2) is 18.2 Å². The van der Waals surface area contributed by atoms with E-state index < -0.39 is 0 Å². The van der Waals surface area contributed by atoms with Gasteiger partial charge in [-0.05, 0) is 40.1 Å². The predicted octanol–water partition coefficient (Wildman–Crippen LogP) is 2.33. The number of nitrogens with two attached hydrogens (primary N) is 1. The van der Waals surface area contributed by atoms with Gasteiger partial charge in [-0.25, -0.2) is 0 Å². The zero-order valence-electron chi connectivity index (χ0n) is 12.0. The van der Waals surface area contributed by atoms with E-state index in [9.17, 15) is 4.79 Å². The molecule has 0 saturated heterocycles. The molecule has 1 aromatic carbocycles. The Bertz CT molecular complexity index is 448. The summed E-state index contributed by atoms with van der Waals surface area (Å²) >= 11 is 5.97. The number of halogens is 1.